The predicted octanol–water partition coefficient (Wildman–Crippen LogP) is 4.98. The van der Waals surface area contributed by atoms with Crippen LogP contribution in [0.2, 0.25) is 5.02 Å². The lowest BCUT2D eigenvalue weighted by molar-refractivity contribution is -0.114. The number of benzene rings is 3. The molecule has 1 amide bonds. The predicted molar refractivity (Wildman–Crippen MR) is 112 cm³/mol. The first-order valence-corrected chi connectivity index (χ1v) is 9.16. The number of anilines is 2. The van der Waals surface area contributed by atoms with Crippen molar-refractivity contribution in [2.45, 2.75) is 6.61 Å². The molecule has 0 aliphatic rings. The topological polar surface area (TPSA) is 59.6 Å². The summed E-state index contributed by atoms with van der Waals surface area (Å²) in [6.45, 7) is 0.579. The molecule has 0 aromatic heterocycles. The first-order valence-electron chi connectivity index (χ1n) is 8.78. The van der Waals surface area contributed by atoms with Crippen molar-refractivity contribution >= 4 is 28.9 Å². The fourth-order valence-electron chi connectivity index (χ4n) is 2.57. The molecule has 5 nitrogen and oxygen atoms in total. The van der Waals surface area contributed by atoms with Gasteiger partial charge in [-0.2, -0.15) is 0 Å². The monoisotopic (exact) mass is 396 g/mol. The quantitative estimate of drug-likeness (QED) is 0.563. The van der Waals surface area contributed by atoms with Gasteiger partial charge in [0.25, 0.3) is 0 Å². The highest BCUT2D eigenvalue weighted by Gasteiger charge is 2.06. The van der Waals surface area contributed by atoms with E-state index in [9.17, 15) is 4.79 Å². The van der Waals surface area contributed by atoms with Crippen molar-refractivity contribution in [2.75, 3.05) is 24.3 Å². The molecule has 0 atom stereocenters. The smallest absolute Gasteiger partial charge is 0.243 e. The van der Waals surface area contributed by atoms with Gasteiger partial charge in [0.2, 0.25) is 5.91 Å². The maximum absolute atomic E-state index is 12.2. The lowest BCUT2D eigenvalue weighted by atomic mass is 10.2. The van der Waals surface area contributed by atoms with Gasteiger partial charge in [-0.05, 0) is 35.9 Å². The molecule has 0 saturated heterocycles. The Morgan fingerprint density at radius 3 is 2.54 bits per heavy atom. The molecule has 0 spiro atoms. The number of nitrogens with one attached hydrogen (secondary N) is 2. The Kier molecular flexibility index (Phi) is 6.76. The second-order valence-electron chi connectivity index (χ2n) is 6.05. The summed E-state index contributed by atoms with van der Waals surface area (Å²) in [5.74, 6) is 1.10. The van der Waals surface area contributed by atoms with Gasteiger partial charge in [-0.15, -0.1) is 0 Å². The Balaban J connectivity index is 1.51. The van der Waals surface area contributed by atoms with Gasteiger partial charge in [0.1, 0.15) is 18.1 Å². The number of carbonyl (C=O) groups excluding carboxylic acids is 1. The second-order valence-corrected chi connectivity index (χ2v) is 6.46. The zero-order valence-electron chi connectivity index (χ0n) is 15.4. The van der Waals surface area contributed by atoms with Crippen LogP contribution in [0.25, 0.3) is 0 Å². The molecule has 6 heteroatoms. The van der Waals surface area contributed by atoms with Gasteiger partial charge >= 0.3 is 0 Å². The Hall–Kier alpha value is -3.18. The van der Waals surface area contributed by atoms with Gasteiger partial charge < -0.3 is 20.1 Å². The van der Waals surface area contributed by atoms with Crippen molar-refractivity contribution in [1.29, 1.82) is 0 Å². The molecule has 3 aromatic rings. The first-order chi connectivity index (χ1) is 13.6. The van der Waals surface area contributed by atoms with E-state index in [4.69, 9.17) is 21.1 Å². The van der Waals surface area contributed by atoms with Crippen LogP contribution in [0.1, 0.15) is 5.56 Å². The number of halogens is 1. The van der Waals surface area contributed by atoms with E-state index in [1.807, 2.05) is 48.5 Å². The molecule has 28 heavy (non-hydrogen) atoms. The maximum Gasteiger partial charge on any atom is 0.243 e. The van der Waals surface area contributed by atoms with Crippen LogP contribution in [-0.2, 0) is 11.4 Å². The molecule has 0 aliphatic heterocycles. The van der Waals surface area contributed by atoms with E-state index >= 15 is 0 Å². The lowest BCUT2D eigenvalue weighted by Crippen LogP contribution is -2.21. The highest BCUT2D eigenvalue weighted by atomic mass is 35.5. The number of amides is 1. The first kappa shape index (κ1) is 19.6. The molecular weight excluding hydrogens is 376 g/mol. The summed E-state index contributed by atoms with van der Waals surface area (Å²) in [7, 11) is 1.56. The largest absolute Gasteiger partial charge is 0.495 e. The van der Waals surface area contributed by atoms with Crippen molar-refractivity contribution in [3.63, 3.8) is 0 Å². The van der Waals surface area contributed by atoms with E-state index in [0.29, 0.717) is 28.8 Å². The summed E-state index contributed by atoms with van der Waals surface area (Å²) in [6, 6.07) is 22.5. The van der Waals surface area contributed by atoms with Gasteiger partial charge in [-0.3, -0.25) is 4.79 Å². The number of methoxy groups -OCH3 is 1. The van der Waals surface area contributed by atoms with E-state index in [0.717, 1.165) is 11.3 Å². The average Bonchev–Trinajstić information content (AvgIpc) is 2.72. The summed E-state index contributed by atoms with van der Waals surface area (Å²) in [5.41, 5.74) is 2.49. The summed E-state index contributed by atoms with van der Waals surface area (Å²) in [6.07, 6.45) is 0. The van der Waals surface area contributed by atoms with Crippen LogP contribution < -0.4 is 20.1 Å². The third kappa shape index (κ3) is 5.66. The van der Waals surface area contributed by atoms with Gasteiger partial charge in [0, 0.05) is 17.4 Å². The fraction of sp³-hybridized carbons (Fsp3) is 0.136. The number of ether oxygens (including phenoxy) is 2. The van der Waals surface area contributed by atoms with E-state index in [2.05, 4.69) is 10.6 Å². The average molecular weight is 397 g/mol. The van der Waals surface area contributed by atoms with Crippen LogP contribution >= 0.6 is 11.6 Å². The molecule has 0 aliphatic carbocycles. The molecule has 0 unspecified atom stereocenters. The number of rotatable bonds is 8. The van der Waals surface area contributed by atoms with E-state index in [1.165, 1.54) is 0 Å². The molecule has 0 fully saturated rings. The standard InChI is InChI=1S/C22H21ClN2O3/c1-27-21-11-10-17(13-20(21)23)24-14-22(26)25-18-8-5-9-19(12-18)28-15-16-6-3-2-4-7-16/h2-13,24H,14-15H2,1H3,(H,25,26). The zero-order valence-corrected chi connectivity index (χ0v) is 16.2. The van der Waals surface area contributed by atoms with Crippen molar-refractivity contribution in [3.8, 4) is 11.5 Å². The molecule has 0 heterocycles. The maximum atomic E-state index is 12.2. The Morgan fingerprint density at radius 1 is 0.964 bits per heavy atom. The van der Waals surface area contributed by atoms with Crippen molar-refractivity contribution in [3.05, 3.63) is 83.4 Å². The van der Waals surface area contributed by atoms with Gasteiger partial charge in [-0.1, -0.05) is 48.0 Å². The van der Waals surface area contributed by atoms with Crippen LogP contribution in [0.5, 0.6) is 11.5 Å². The van der Waals surface area contributed by atoms with E-state index in [-0.39, 0.29) is 12.5 Å². The zero-order chi connectivity index (χ0) is 19.8. The summed E-state index contributed by atoms with van der Waals surface area (Å²) in [5, 5.41) is 6.37. The molecule has 3 rings (SSSR count). The summed E-state index contributed by atoms with van der Waals surface area (Å²) >= 11 is 6.09. The van der Waals surface area contributed by atoms with E-state index in [1.54, 1.807) is 31.4 Å². The van der Waals surface area contributed by atoms with Crippen molar-refractivity contribution in [2.24, 2.45) is 0 Å². The Labute approximate surface area is 169 Å². The van der Waals surface area contributed by atoms with Gasteiger partial charge in [-0.25, -0.2) is 0 Å². The molecule has 0 saturated carbocycles. The summed E-state index contributed by atoms with van der Waals surface area (Å²) < 4.78 is 10.9. The minimum atomic E-state index is -0.174. The minimum Gasteiger partial charge on any atom is -0.495 e. The molecule has 0 radical (unpaired) electrons. The SMILES string of the molecule is COc1ccc(NCC(=O)Nc2cccc(OCc3ccccc3)c2)cc1Cl. The van der Waals surface area contributed by atoms with Crippen LogP contribution in [0.3, 0.4) is 0 Å². The van der Waals surface area contributed by atoms with Crippen molar-refractivity contribution in [1.82, 2.24) is 0 Å². The number of hydrogen-bond acceptors (Lipinski definition) is 4. The number of carbonyl (C=O) groups is 1. The van der Waals surface area contributed by atoms with Crippen molar-refractivity contribution < 1.29 is 14.3 Å². The molecule has 144 valence electrons. The van der Waals surface area contributed by atoms with Gasteiger partial charge in [0.15, 0.2) is 0 Å². The minimum absolute atomic E-state index is 0.109. The molecular formula is C22H21ClN2O3. The normalized spacial score (nSPS) is 10.2. The Bertz CT molecular complexity index is 932. The Morgan fingerprint density at radius 2 is 1.79 bits per heavy atom. The summed E-state index contributed by atoms with van der Waals surface area (Å²) in [4.78, 5) is 12.2. The van der Waals surface area contributed by atoms with Crippen LogP contribution in [0.15, 0.2) is 72.8 Å². The van der Waals surface area contributed by atoms with Crippen LogP contribution in [-0.4, -0.2) is 19.6 Å². The fourth-order valence-corrected chi connectivity index (χ4v) is 2.83. The van der Waals surface area contributed by atoms with Crippen LogP contribution in [0.4, 0.5) is 11.4 Å². The number of hydrogen-bond donors (Lipinski definition) is 2. The molecule has 3 aromatic carbocycles. The lowest BCUT2D eigenvalue weighted by Gasteiger charge is -2.11. The highest BCUT2D eigenvalue weighted by Crippen LogP contribution is 2.27. The molecule has 0 bridgehead atoms. The third-order valence-corrected chi connectivity index (χ3v) is 4.27. The van der Waals surface area contributed by atoms with E-state index < -0.39 is 0 Å². The molecule has 2 N–H and O–H groups in total. The van der Waals surface area contributed by atoms with Crippen LogP contribution in [0, 0.1) is 0 Å². The highest BCUT2D eigenvalue weighted by molar-refractivity contribution is 6.32. The third-order valence-electron chi connectivity index (χ3n) is 3.97. The van der Waals surface area contributed by atoms with Gasteiger partial charge in [0.05, 0.1) is 18.7 Å². The second kappa shape index (κ2) is 9.67.